The zero-order valence-corrected chi connectivity index (χ0v) is 11.4. The molecule has 0 aliphatic rings. The summed E-state index contributed by atoms with van der Waals surface area (Å²) in [5.41, 5.74) is 7.45. The van der Waals surface area contributed by atoms with Crippen LogP contribution in [0.3, 0.4) is 0 Å². The van der Waals surface area contributed by atoms with Crippen molar-refractivity contribution in [2.24, 2.45) is 5.73 Å². The van der Waals surface area contributed by atoms with Gasteiger partial charge in [-0.25, -0.2) is 4.98 Å². The summed E-state index contributed by atoms with van der Waals surface area (Å²) in [7, 11) is 0. The lowest BCUT2D eigenvalue weighted by atomic mass is 10.3. The zero-order chi connectivity index (χ0) is 13.0. The van der Waals surface area contributed by atoms with Crippen LogP contribution in [-0.4, -0.2) is 18.1 Å². The number of ether oxygens (including phenoxy) is 1. The van der Waals surface area contributed by atoms with Crippen LogP contribution >= 0.6 is 11.3 Å². The minimum absolute atomic E-state index is 0.516. The molecule has 0 aliphatic carbocycles. The Morgan fingerprint density at radius 1 is 1.39 bits per heavy atom. The normalized spacial score (nSPS) is 10.4. The molecular formula is C13H17N3OS. The number of hydrogen-bond donors (Lipinski definition) is 2. The topological polar surface area (TPSA) is 60.2 Å². The van der Waals surface area contributed by atoms with Crippen molar-refractivity contribution in [3.8, 4) is 5.75 Å². The van der Waals surface area contributed by atoms with Crippen LogP contribution < -0.4 is 15.8 Å². The average molecular weight is 263 g/mol. The van der Waals surface area contributed by atoms with Crippen molar-refractivity contribution in [1.82, 2.24) is 4.98 Å². The number of anilines is 2. The molecule has 2 rings (SSSR count). The van der Waals surface area contributed by atoms with E-state index in [4.69, 9.17) is 10.5 Å². The van der Waals surface area contributed by atoms with E-state index in [-0.39, 0.29) is 0 Å². The van der Waals surface area contributed by atoms with E-state index < -0.39 is 0 Å². The van der Waals surface area contributed by atoms with Crippen LogP contribution in [0.25, 0.3) is 0 Å². The standard InChI is InChI=1S/C13H17N3OS/c1-9-10(2)18-13(15-9)16-11-4-3-5-12(8-11)17-7-6-14/h3-5,8H,6-7,14H2,1-2H3,(H,15,16). The smallest absolute Gasteiger partial charge is 0.187 e. The lowest BCUT2D eigenvalue weighted by Gasteiger charge is -2.07. The summed E-state index contributed by atoms with van der Waals surface area (Å²) >= 11 is 1.65. The second-order valence-electron chi connectivity index (χ2n) is 3.95. The molecule has 2 aromatic rings. The molecule has 3 N–H and O–H groups in total. The molecule has 0 saturated carbocycles. The lowest BCUT2D eigenvalue weighted by Crippen LogP contribution is -2.10. The van der Waals surface area contributed by atoms with Gasteiger partial charge in [0.05, 0.1) is 5.69 Å². The Balaban J connectivity index is 2.09. The van der Waals surface area contributed by atoms with Gasteiger partial charge in [-0.15, -0.1) is 11.3 Å². The van der Waals surface area contributed by atoms with Crippen molar-refractivity contribution < 1.29 is 4.74 Å². The molecule has 1 aromatic carbocycles. The highest BCUT2D eigenvalue weighted by molar-refractivity contribution is 7.15. The van der Waals surface area contributed by atoms with Crippen molar-refractivity contribution >= 4 is 22.2 Å². The molecule has 18 heavy (non-hydrogen) atoms. The van der Waals surface area contributed by atoms with Crippen molar-refractivity contribution in [3.05, 3.63) is 34.8 Å². The number of nitrogens with zero attached hydrogens (tertiary/aromatic N) is 1. The predicted molar refractivity (Wildman–Crippen MR) is 75.9 cm³/mol. The molecule has 96 valence electrons. The van der Waals surface area contributed by atoms with Crippen LogP contribution in [0.15, 0.2) is 24.3 Å². The number of rotatable bonds is 5. The van der Waals surface area contributed by atoms with Gasteiger partial charge >= 0.3 is 0 Å². The number of nitrogens with one attached hydrogen (secondary N) is 1. The third kappa shape index (κ3) is 3.21. The van der Waals surface area contributed by atoms with Crippen molar-refractivity contribution in [3.63, 3.8) is 0 Å². The van der Waals surface area contributed by atoms with Crippen LogP contribution in [0.1, 0.15) is 10.6 Å². The number of nitrogens with two attached hydrogens (primary N) is 1. The molecule has 0 atom stereocenters. The van der Waals surface area contributed by atoms with Gasteiger partial charge in [-0.1, -0.05) is 6.07 Å². The molecular weight excluding hydrogens is 246 g/mol. The van der Waals surface area contributed by atoms with Gasteiger partial charge in [0.25, 0.3) is 0 Å². The van der Waals surface area contributed by atoms with Crippen molar-refractivity contribution in [2.75, 3.05) is 18.5 Å². The van der Waals surface area contributed by atoms with E-state index in [0.717, 1.165) is 22.3 Å². The third-order valence-electron chi connectivity index (χ3n) is 2.50. The molecule has 0 radical (unpaired) electrons. The fraction of sp³-hybridized carbons (Fsp3) is 0.308. The van der Waals surface area contributed by atoms with E-state index in [1.807, 2.05) is 31.2 Å². The summed E-state index contributed by atoms with van der Waals surface area (Å²) in [6.45, 7) is 5.12. The zero-order valence-electron chi connectivity index (χ0n) is 10.6. The van der Waals surface area contributed by atoms with Gasteiger partial charge in [0.2, 0.25) is 0 Å². The maximum atomic E-state index is 5.48. The quantitative estimate of drug-likeness (QED) is 0.871. The first-order valence-electron chi connectivity index (χ1n) is 5.83. The van der Waals surface area contributed by atoms with E-state index in [2.05, 4.69) is 17.2 Å². The summed E-state index contributed by atoms with van der Waals surface area (Å²) < 4.78 is 5.48. The second-order valence-corrected chi connectivity index (χ2v) is 5.15. The summed E-state index contributed by atoms with van der Waals surface area (Å²) in [6.07, 6.45) is 0. The van der Waals surface area contributed by atoms with E-state index in [9.17, 15) is 0 Å². The molecule has 0 spiro atoms. The van der Waals surface area contributed by atoms with Gasteiger partial charge in [-0.3, -0.25) is 0 Å². The molecule has 0 unspecified atom stereocenters. The fourth-order valence-electron chi connectivity index (χ4n) is 1.49. The molecule has 0 saturated heterocycles. The maximum absolute atomic E-state index is 5.48. The van der Waals surface area contributed by atoms with E-state index in [1.165, 1.54) is 4.88 Å². The highest BCUT2D eigenvalue weighted by atomic mass is 32.1. The molecule has 5 heteroatoms. The number of thiazole rings is 1. The Morgan fingerprint density at radius 3 is 2.89 bits per heavy atom. The molecule has 1 aromatic heterocycles. The van der Waals surface area contributed by atoms with E-state index in [0.29, 0.717) is 13.2 Å². The number of benzene rings is 1. The first-order valence-corrected chi connectivity index (χ1v) is 6.64. The van der Waals surface area contributed by atoms with Gasteiger partial charge in [0.1, 0.15) is 12.4 Å². The molecule has 0 amide bonds. The average Bonchev–Trinajstić information content (AvgIpc) is 2.66. The summed E-state index contributed by atoms with van der Waals surface area (Å²) in [6, 6.07) is 7.80. The van der Waals surface area contributed by atoms with Gasteiger partial charge in [-0.05, 0) is 26.0 Å². The number of aromatic nitrogens is 1. The number of aryl methyl sites for hydroxylation is 2. The van der Waals surface area contributed by atoms with Crippen molar-refractivity contribution in [2.45, 2.75) is 13.8 Å². The highest BCUT2D eigenvalue weighted by Crippen LogP contribution is 2.26. The maximum Gasteiger partial charge on any atom is 0.187 e. The molecule has 0 bridgehead atoms. The minimum atomic E-state index is 0.516. The van der Waals surface area contributed by atoms with Gasteiger partial charge in [-0.2, -0.15) is 0 Å². The van der Waals surface area contributed by atoms with E-state index in [1.54, 1.807) is 11.3 Å². The predicted octanol–water partition coefficient (Wildman–Crippen LogP) is 2.84. The van der Waals surface area contributed by atoms with Gasteiger partial charge < -0.3 is 15.8 Å². The Morgan fingerprint density at radius 2 is 2.22 bits per heavy atom. The second kappa shape index (κ2) is 5.84. The Bertz CT molecular complexity index is 505. The first kappa shape index (κ1) is 12.9. The van der Waals surface area contributed by atoms with Crippen molar-refractivity contribution in [1.29, 1.82) is 0 Å². The SMILES string of the molecule is Cc1nc(Nc2cccc(OCCN)c2)sc1C. The minimum Gasteiger partial charge on any atom is -0.492 e. The number of hydrogen-bond acceptors (Lipinski definition) is 5. The molecule has 4 nitrogen and oxygen atoms in total. The van der Waals surface area contributed by atoms with Crippen LogP contribution in [-0.2, 0) is 0 Å². The molecule has 1 heterocycles. The van der Waals surface area contributed by atoms with Crippen LogP contribution in [0.2, 0.25) is 0 Å². The van der Waals surface area contributed by atoms with Crippen LogP contribution in [0.4, 0.5) is 10.8 Å². The fourth-order valence-corrected chi connectivity index (χ4v) is 2.32. The summed E-state index contributed by atoms with van der Waals surface area (Å²) in [5, 5.41) is 4.18. The molecule has 0 aliphatic heterocycles. The summed E-state index contributed by atoms with van der Waals surface area (Å²) in [5.74, 6) is 0.815. The monoisotopic (exact) mass is 263 g/mol. The van der Waals surface area contributed by atoms with Gasteiger partial charge in [0, 0.05) is 23.2 Å². The van der Waals surface area contributed by atoms with Crippen LogP contribution in [0, 0.1) is 13.8 Å². The Hall–Kier alpha value is -1.59. The lowest BCUT2D eigenvalue weighted by molar-refractivity contribution is 0.328. The Kier molecular flexibility index (Phi) is 4.17. The largest absolute Gasteiger partial charge is 0.492 e. The Labute approximate surface area is 111 Å². The van der Waals surface area contributed by atoms with Crippen LogP contribution in [0.5, 0.6) is 5.75 Å². The molecule has 0 fully saturated rings. The van der Waals surface area contributed by atoms with Gasteiger partial charge in [0.15, 0.2) is 5.13 Å². The van der Waals surface area contributed by atoms with E-state index >= 15 is 0 Å². The third-order valence-corrected chi connectivity index (χ3v) is 3.49. The summed E-state index contributed by atoms with van der Waals surface area (Å²) in [4.78, 5) is 5.67. The highest BCUT2D eigenvalue weighted by Gasteiger charge is 2.04. The first-order chi connectivity index (χ1) is 8.69.